The molecule has 3 heterocycles. The van der Waals surface area contributed by atoms with Gasteiger partial charge in [0.15, 0.2) is 16.8 Å². The van der Waals surface area contributed by atoms with Crippen molar-refractivity contribution in [3.05, 3.63) is 78.5 Å². The maximum absolute atomic E-state index is 12.3. The molecule has 3 aromatic heterocycles. The number of carbonyl (C=O) groups excluding carboxylic acids is 1. The Morgan fingerprint density at radius 3 is 2.69 bits per heavy atom. The number of hydrogen-bond donors (Lipinski definition) is 1. The number of Topliss-reactive ketones (excluding diaryl/α,β-unsaturated/α-hetero) is 1. The van der Waals surface area contributed by atoms with E-state index in [1.54, 1.807) is 18.5 Å². The monoisotopic (exact) mass is 364 g/mol. The van der Waals surface area contributed by atoms with Crippen LogP contribution in [0.5, 0.6) is 0 Å². The molecule has 0 saturated heterocycles. The van der Waals surface area contributed by atoms with Gasteiger partial charge in [0.25, 0.3) is 0 Å². The van der Waals surface area contributed by atoms with E-state index in [-0.39, 0.29) is 11.5 Å². The van der Waals surface area contributed by atoms with Crippen molar-refractivity contribution in [3.63, 3.8) is 0 Å². The third-order valence-corrected chi connectivity index (χ3v) is 4.84. The molecule has 0 saturated carbocycles. The van der Waals surface area contributed by atoms with Crippen LogP contribution >= 0.6 is 11.8 Å². The van der Waals surface area contributed by atoms with Gasteiger partial charge >= 0.3 is 0 Å². The van der Waals surface area contributed by atoms with Gasteiger partial charge in [-0.1, -0.05) is 42.1 Å². The maximum Gasteiger partial charge on any atom is 0.192 e. The van der Waals surface area contributed by atoms with E-state index in [2.05, 4.69) is 15.2 Å². The lowest BCUT2D eigenvalue weighted by molar-refractivity contribution is 0.101. The maximum atomic E-state index is 12.3. The second-order valence-corrected chi connectivity index (χ2v) is 6.58. The number of nitrogens with one attached hydrogen (secondary N) is 1. The van der Waals surface area contributed by atoms with E-state index < -0.39 is 0 Å². The largest absolute Gasteiger partial charge is 0.467 e. The highest BCUT2D eigenvalue weighted by molar-refractivity contribution is 7.99. The third kappa shape index (κ3) is 3.48. The van der Waals surface area contributed by atoms with Crippen molar-refractivity contribution in [1.29, 1.82) is 0 Å². The summed E-state index contributed by atoms with van der Waals surface area (Å²) in [5.41, 5.74) is 1.56. The summed E-state index contributed by atoms with van der Waals surface area (Å²) in [6.45, 7) is 0.503. The topological polar surface area (TPSA) is 76.7 Å². The summed E-state index contributed by atoms with van der Waals surface area (Å²) in [4.78, 5) is 15.2. The Bertz CT molecular complexity index is 976. The highest BCUT2D eigenvalue weighted by atomic mass is 32.2. The molecule has 4 aromatic rings. The highest BCUT2D eigenvalue weighted by Crippen LogP contribution is 2.25. The molecule has 0 bridgehead atoms. The molecule has 1 N–H and O–H groups in total. The van der Waals surface area contributed by atoms with Crippen LogP contribution in [0.4, 0.5) is 0 Å². The number of hydrogen-bond acceptors (Lipinski definition) is 5. The summed E-state index contributed by atoms with van der Waals surface area (Å²) in [5, 5.41) is 9.32. The summed E-state index contributed by atoms with van der Waals surface area (Å²) >= 11 is 1.37. The Morgan fingerprint density at radius 2 is 1.96 bits per heavy atom. The zero-order chi connectivity index (χ0) is 17.8. The Morgan fingerprint density at radius 1 is 1.08 bits per heavy atom. The summed E-state index contributed by atoms with van der Waals surface area (Å²) in [6, 6.07) is 17.2. The van der Waals surface area contributed by atoms with E-state index in [9.17, 15) is 4.79 Å². The first-order valence-corrected chi connectivity index (χ1v) is 9.10. The van der Waals surface area contributed by atoms with E-state index in [1.807, 2.05) is 53.1 Å². The van der Waals surface area contributed by atoms with Crippen LogP contribution in [0.2, 0.25) is 0 Å². The molecular formula is C19H16N4O2S. The Hall–Kier alpha value is -3.06. The molecule has 7 heteroatoms. The lowest BCUT2D eigenvalue weighted by Crippen LogP contribution is -2.07. The summed E-state index contributed by atoms with van der Waals surface area (Å²) < 4.78 is 7.45. The number of aromatic amines is 1. The van der Waals surface area contributed by atoms with Crippen LogP contribution in [0.25, 0.3) is 11.4 Å². The van der Waals surface area contributed by atoms with Gasteiger partial charge in [-0.15, -0.1) is 10.2 Å². The van der Waals surface area contributed by atoms with Gasteiger partial charge in [-0.2, -0.15) is 0 Å². The molecule has 0 unspecified atom stereocenters. The summed E-state index contributed by atoms with van der Waals surface area (Å²) in [7, 11) is 0. The van der Waals surface area contributed by atoms with Gasteiger partial charge in [-0.25, -0.2) is 0 Å². The van der Waals surface area contributed by atoms with Crippen LogP contribution in [0, 0.1) is 0 Å². The molecule has 0 aliphatic carbocycles. The number of rotatable bonds is 7. The average Bonchev–Trinajstić information content (AvgIpc) is 3.43. The zero-order valence-electron chi connectivity index (χ0n) is 13.8. The number of H-pyrrole nitrogens is 1. The van der Waals surface area contributed by atoms with Gasteiger partial charge in [0.05, 0.1) is 24.3 Å². The standard InChI is InChI=1S/C19H16N4O2S/c24-17(16-9-4-10-20-16)13-26-19-22-21-18(14-6-2-1-3-7-14)23(19)12-15-8-5-11-25-15/h1-11,20H,12-13H2. The Balaban J connectivity index is 1.61. The quantitative estimate of drug-likeness (QED) is 0.398. The fourth-order valence-corrected chi connectivity index (χ4v) is 3.43. The minimum atomic E-state index is 0.0220. The van der Waals surface area contributed by atoms with Crippen LogP contribution < -0.4 is 0 Å². The van der Waals surface area contributed by atoms with E-state index in [0.29, 0.717) is 17.4 Å². The van der Waals surface area contributed by atoms with Crippen molar-refractivity contribution in [1.82, 2.24) is 19.7 Å². The molecule has 0 spiro atoms. The first kappa shape index (κ1) is 16.4. The molecule has 6 nitrogen and oxygen atoms in total. The highest BCUT2D eigenvalue weighted by Gasteiger charge is 2.17. The van der Waals surface area contributed by atoms with Crippen molar-refractivity contribution in [3.8, 4) is 11.4 Å². The van der Waals surface area contributed by atoms with Crippen LogP contribution in [-0.2, 0) is 6.54 Å². The van der Waals surface area contributed by atoms with Crippen molar-refractivity contribution in [2.24, 2.45) is 0 Å². The molecule has 0 fully saturated rings. The molecular weight excluding hydrogens is 348 g/mol. The first-order valence-electron chi connectivity index (χ1n) is 8.11. The first-order chi connectivity index (χ1) is 12.8. The predicted octanol–water partition coefficient (Wildman–Crippen LogP) is 3.89. The Kier molecular flexibility index (Phi) is 4.70. The molecule has 130 valence electrons. The van der Waals surface area contributed by atoms with Crippen molar-refractivity contribution < 1.29 is 9.21 Å². The predicted molar refractivity (Wildman–Crippen MR) is 99.1 cm³/mol. The summed E-state index contributed by atoms with van der Waals surface area (Å²) in [5.74, 6) is 1.86. The van der Waals surface area contributed by atoms with E-state index >= 15 is 0 Å². The van der Waals surface area contributed by atoms with Gasteiger partial charge in [0.1, 0.15) is 5.76 Å². The van der Waals surface area contributed by atoms with Crippen LogP contribution in [0.1, 0.15) is 16.2 Å². The summed E-state index contributed by atoms with van der Waals surface area (Å²) in [6.07, 6.45) is 3.38. The zero-order valence-corrected chi connectivity index (χ0v) is 14.6. The fraction of sp³-hybridized carbons (Fsp3) is 0.105. The normalized spacial score (nSPS) is 10.9. The van der Waals surface area contributed by atoms with Gasteiger partial charge in [-0.05, 0) is 24.3 Å². The Labute approximate surface area is 154 Å². The van der Waals surface area contributed by atoms with Crippen molar-refractivity contribution >= 4 is 17.5 Å². The average molecular weight is 364 g/mol. The smallest absolute Gasteiger partial charge is 0.192 e. The molecule has 0 radical (unpaired) electrons. The number of thioether (sulfide) groups is 1. The van der Waals surface area contributed by atoms with Gasteiger partial charge in [0, 0.05) is 11.8 Å². The van der Waals surface area contributed by atoms with Crippen molar-refractivity contribution in [2.75, 3.05) is 5.75 Å². The molecule has 26 heavy (non-hydrogen) atoms. The molecule has 0 aliphatic rings. The lowest BCUT2D eigenvalue weighted by atomic mass is 10.2. The van der Waals surface area contributed by atoms with E-state index in [4.69, 9.17) is 4.42 Å². The number of carbonyl (C=O) groups is 1. The molecule has 1 aromatic carbocycles. The second kappa shape index (κ2) is 7.45. The SMILES string of the molecule is O=C(CSc1nnc(-c2ccccc2)n1Cc1ccco1)c1ccc[nH]1. The molecule has 0 aliphatic heterocycles. The van der Waals surface area contributed by atoms with Crippen LogP contribution in [-0.4, -0.2) is 31.3 Å². The minimum Gasteiger partial charge on any atom is -0.467 e. The number of aromatic nitrogens is 4. The van der Waals surface area contributed by atoms with Crippen LogP contribution in [0.3, 0.4) is 0 Å². The van der Waals surface area contributed by atoms with Crippen molar-refractivity contribution in [2.45, 2.75) is 11.7 Å². The second-order valence-electron chi connectivity index (χ2n) is 5.63. The number of furan rings is 1. The molecule has 4 rings (SSSR count). The van der Waals surface area contributed by atoms with Gasteiger partial charge < -0.3 is 9.40 Å². The third-order valence-electron chi connectivity index (χ3n) is 3.87. The molecule has 0 atom stereocenters. The van der Waals surface area contributed by atoms with E-state index in [0.717, 1.165) is 17.1 Å². The number of nitrogens with zero attached hydrogens (tertiary/aromatic N) is 3. The lowest BCUT2D eigenvalue weighted by Gasteiger charge is -2.08. The van der Waals surface area contributed by atoms with E-state index in [1.165, 1.54) is 11.8 Å². The fourth-order valence-electron chi connectivity index (χ4n) is 2.61. The minimum absolute atomic E-state index is 0.0220. The number of ketones is 1. The number of benzene rings is 1. The van der Waals surface area contributed by atoms with Gasteiger partial charge in [0.2, 0.25) is 0 Å². The van der Waals surface area contributed by atoms with Crippen LogP contribution in [0.15, 0.2) is 76.6 Å². The van der Waals surface area contributed by atoms with Gasteiger partial charge in [-0.3, -0.25) is 9.36 Å². The molecule has 0 amide bonds.